The summed E-state index contributed by atoms with van der Waals surface area (Å²) in [4.78, 5) is 28.6. The van der Waals surface area contributed by atoms with Gasteiger partial charge in [0.15, 0.2) is 0 Å². The number of nitrogens with zero attached hydrogens (tertiary/aromatic N) is 1. The quantitative estimate of drug-likeness (QED) is 0.547. The first kappa shape index (κ1) is 20.3. The largest absolute Gasteiger partial charge is 0.465 e. The highest BCUT2D eigenvalue weighted by atomic mass is 19.1. The van der Waals surface area contributed by atoms with Crippen molar-refractivity contribution in [2.45, 2.75) is 18.9 Å². The number of aromatic nitrogens is 1. The number of halogens is 1. The molecule has 0 saturated carbocycles. The number of nitrogen functional groups attached to an aromatic ring is 1. The Bertz CT molecular complexity index is 1140. The summed E-state index contributed by atoms with van der Waals surface area (Å²) in [5, 5.41) is 5.79. The fourth-order valence-corrected chi connectivity index (χ4v) is 3.65. The number of fused-ring (bicyclic) bond motifs is 1. The van der Waals surface area contributed by atoms with Gasteiger partial charge in [-0.15, -0.1) is 0 Å². The van der Waals surface area contributed by atoms with Crippen molar-refractivity contribution >= 4 is 29.1 Å². The molecule has 0 bridgehead atoms. The van der Waals surface area contributed by atoms with Crippen LogP contribution in [0.25, 0.3) is 0 Å². The number of hydrogen-bond donors (Lipinski definition) is 3. The van der Waals surface area contributed by atoms with Crippen LogP contribution in [0.4, 0.5) is 21.6 Å². The third-order valence-corrected chi connectivity index (χ3v) is 5.12. The lowest BCUT2D eigenvalue weighted by molar-refractivity contribution is 0.0600. The molecule has 0 atom stereocenters. The van der Waals surface area contributed by atoms with Gasteiger partial charge in [-0.2, -0.15) is 0 Å². The van der Waals surface area contributed by atoms with Gasteiger partial charge in [0.2, 0.25) is 0 Å². The van der Waals surface area contributed by atoms with Gasteiger partial charge in [-0.05, 0) is 48.2 Å². The number of methoxy groups -OCH3 is 1. The topological polar surface area (TPSA) is 106 Å². The number of ether oxygens (including phenoxy) is 1. The number of hydrogen-bond acceptors (Lipinski definition) is 6. The van der Waals surface area contributed by atoms with E-state index < -0.39 is 11.8 Å². The first-order chi connectivity index (χ1) is 14.9. The van der Waals surface area contributed by atoms with Crippen LogP contribution < -0.4 is 16.4 Å². The summed E-state index contributed by atoms with van der Waals surface area (Å²) in [6, 6.07) is 14.9. The molecule has 0 unspecified atom stereocenters. The van der Waals surface area contributed by atoms with Gasteiger partial charge < -0.3 is 21.1 Å². The molecule has 1 heterocycles. The standard InChI is InChI=1S/C23H21FN4O3/c1-31-23(30)15-6-7-19(18(24)10-15)27-21-12-16(25)11-20(28-21)22(29)26-17-8-13-4-2-3-5-14(13)9-17/h2-7,10-12,17H,8-9H2,1H3,(H,26,29)(H3,25,27,28). The van der Waals surface area contributed by atoms with Crippen molar-refractivity contribution in [3.8, 4) is 0 Å². The van der Waals surface area contributed by atoms with Gasteiger partial charge in [0.1, 0.15) is 17.3 Å². The zero-order valence-electron chi connectivity index (χ0n) is 16.8. The molecule has 1 aromatic heterocycles. The molecule has 0 aliphatic heterocycles. The summed E-state index contributed by atoms with van der Waals surface area (Å²) in [5.74, 6) is -1.44. The number of amides is 1. The highest BCUT2D eigenvalue weighted by Crippen LogP contribution is 2.24. The number of carbonyl (C=O) groups excluding carboxylic acids is 2. The molecule has 4 rings (SSSR count). The summed E-state index contributed by atoms with van der Waals surface area (Å²) >= 11 is 0. The summed E-state index contributed by atoms with van der Waals surface area (Å²) in [6.45, 7) is 0. The normalized spacial score (nSPS) is 12.8. The van der Waals surface area contributed by atoms with Crippen molar-refractivity contribution in [1.29, 1.82) is 0 Å². The monoisotopic (exact) mass is 420 g/mol. The molecule has 0 spiro atoms. The van der Waals surface area contributed by atoms with Gasteiger partial charge in [0, 0.05) is 17.8 Å². The zero-order valence-corrected chi connectivity index (χ0v) is 16.8. The smallest absolute Gasteiger partial charge is 0.337 e. The molecular formula is C23H21FN4O3. The molecule has 1 aliphatic rings. The number of benzene rings is 2. The Kier molecular flexibility index (Phi) is 5.53. The number of pyridine rings is 1. The van der Waals surface area contributed by atoms with E-state index >= 15 is 0 Å². The Balaban J connectivity index is 1.48. The molecule has 7 nitrogen and oxygen atoms in total. The molecule has 0 radical (unpaired) electrons. The van der Waals surface area contributed by atoms with Crippen LogP contribution >= 0.6 is 0 Å². The SMILES string of the molecule is COC(=O)c1ccc(Nc2cc(N)cc(C(=O)NC3Cc4ccccc4C3)n2)c(F)c1. The third kappa shape index (κ3) is 4.48. The predicted octanol–water partition coefficient (Wildman–Crippen LogP) is 3.23. The Labute approximate surface area is 178 Å². The predicted molar refractivity (Wildman–Crippen MR) is 115 cm³/mol. The van der Waals surface area contributed by atoms with E-state index in [1.807, 2.05) is 12.1 Å². The van der Waals surface area contributed by atoms with Crippen molar-refractivity contribution in [3.63, 3.8) is 0 Å². The van der Waals surface area contributed by atoms with Gasteiger partial charge in [-0.3, -0.25) is 4.79 Å². The van der Waals surface area contributed by atoms with Crippen LogP contribution in [0.3, 0.4) is 0 Å². The van der Waals surface area contributed by atoms with Crippen LogP contribution in [0.2, 0.25) is 0 Å². The average Bonchev–Trinajstić information content (AvgIpc) is 3.16. The van der Waals surface area contributed by atoms with Gasteiger partial charge in [0.25, 0.3) is 5.91 Å². The van der Waals surface area contributed by atoms with Gasteiger partial charge in [0.05, 0.1) is 18.4 Å². The van der Waals surface area contributed by atoms with Crippen LogP contribution in [0.5, 0.6) is 0 Å². The second kappa shape index (κ2) is 8.43. The number of nitrogens with two attached hydrogens (primary N) is 1. The lowest BCUT2D eigenvalue weighted by Crippen LogP contribution is -2.35. The average molecular weight is 420 g/mol. The van der Waals surface area contributed by atoms with E-state index in [-0.39, 0.29) is 34.7 Å². The van der Waals surface area contributed by atoms with Crippen LogP contribution in [-0.2, 0) is 17.6 Å². The molecule has 1 amide bonds. The lowest BCUT2D eigenvalue weighted by atomic mass is 10.1. The molecule has 4 N–H and O–H groups in total. The van der Waals surface area contributed by atoms with Crippen LogP contribution in [0, 0.1) is 5.82 Å². The molecule has 3 aromatic rings. The van der Waals surface area contributed by atoms with Gasteiger partial charge >= 0.3 is 5.97 Å². The summed E-state index contributed by atoms with van der Waals surface area (Å²) in [5.41, 5.74) is 8.99. The Hall–Kier alpha value is -3.94. The maximum absolute atomic E-state index is 14.4. The van der Waals surface area contributed by atoms with E-state index in [0.29, 0.717) is 5.69 Å². The van der Waals surface area contributed by atoms with Crippen molar-refractivity contribution in [2.75, 3.05) is 18.2 Å². The molecular weight excluding hydrogens is 399 g/mol. The lowest BCUT2D eigenvalue weighted by Gasteiger charge is -2.14. The molecule has 2 aromatic carbocycles. The van der Waals surface area contributed by atoms with E-state index in [4.69, 9.17) is 5.73 Å². The van der Waals surface area contributed by atoms with Crippen molar-refractivity contribution < 1.29 is 18.7 Å². The highest BCUT2D eigenvalue weighted by molar-refractivity contribution is 5.94. The van der Waals surface area contributed by atoms with Crippen LogP contribution in [0.1, 0.15) is 32.0 Å². The number of anilines is 3. The summed E-state index contributed by atoms with van der Waals surface area (Å²) in [7, 11) is 1.22. The van der Waals surface area contributed by atoms with Gasteiger partial charge in [-0.1, -0.05) is 24.3 Å². The first-order valence-corrected chi connectivity index (χ1v) is 9.73. The maximum atomic E-state index is 14.4. The summed E-state index contributed by atoms with van der Waals surface area (Å²) in [6.07, 6.45) is 1.51. The maximum Gasteiger partial charge on any atom is 0.337 e. The van der Waals surface area contributed by atoms with Crippen LogP contribution in [0.15, 0.2) is 54.6 Å². The second-order valence-corrected chi connectivity index (χ2v) is 7.33. The highest BCUT2D eigenvalue weighted by Gasteiger charge is 2.23. The number of carbonyl (C=O) groups is 2. The van der Waals surface area contributed by atoms with E-state index in [1.54, 1.807) is 0 Å². The van der Waals surface area contributed by atoms with Crippen molar-refractivity contribution in [3.05, 3.63) is 82.8 Å². The van der Waals surface area contributed by atoms with E-state index in [2.05, 4.69) is 32.5 Å². The van der Waals surface area contributed by atoms with Crippen molar-refractivity contribution in [1.82, 2.24) is 10.3 Å². The Morgan fingerprint density at radius 3 is 2.45 bits per heavy atom. The van der Waals surface area contributed by atoms with Gasteiger partial charge in [-0.25, -0.2) is 14.2 Å². The van der Waals surface area contributed by atoms with E-state index in [1.165, 1.54) is 42.5 Å². The Morgan fingerprint density at radius 2 is 1.81 bits per heavy atom. The molecule has 0 saturated heterocycles. The fraction of sp³-hybridized carbons (Fsp3) is 0.174. The molecule has 8 heteroatoms. The van der Waals surface area contributed by atoms with E-state index in [9.17, 15) is 14.0 Å². The number of rotatable bonds is 5. The minimum atomic E-state index is -0.665. The van der Waals surface area contributed by atoms with Crippen molar-refractivity contribution in [2.24, 2.45) is 0 Å². The fourth-order valence-electron chi connectivity index (χ4n) is 3.65. The zero-order chi connectivity index (χ0) is 22.0. The minimum absolute atomic E-state index is 0.0205. The molecule has 31 heavy (non-hydrogen) atoms. The summed E-state index contributed by atoms with van der Waals surface area (Å²) < 4.78 is 19.0. The minimum Gasteiger partial charge on any atom is -0.465 e. The second-order valence-electron chi connectivity index (χ2n) is 7.33. The molecule has 158 valence electrons. The van der Waals surface area contributed by atoms with E-state index in [0.717, 1.165) is 18.9 Å². The molecule has 1 aliphatic carbocycles. The van der Waals surface area contributed by atoms with Crippen LogP contribution in [-0.4, -0.2) is 30.0 Å². The number of esters is 1. The molecule has 0 fully saturated rings. The number of nitrogens with one attached hydrogen (secondary N) is 2. The third-order valence-electron chi connectivity index (χ3n) is 5.12. The Morgan fingerprint density at radius 1 is 1.10 bits per heavy atom. The first-order valence-electron chi connectivity index (χ1n) is 9.73.